The number of aryl methyl sites for hydroxylation is 1. The van der Waals surface area contributed by atoms with Crippen molar-refractivity contribution in [3.8, 4) is 28.6 Å². The molecule has 1 amide bonds. The number of rotatable bonds is 8. The number of nitrogens with zero attached hydrogens (tertiary/aromatic N) is 2. The Morgan fingerprint density at radius 2 is 1.79 bits per heavy atom. The van der Waals surface area contributed by atoms with Gasteiger partial charge in [-0.2, -0.15) is 4.98 Å². The molecular weight excluding hydrogens is 434 g/mol. The number of carbonyl (C=O) groups excluding carboxylic acids is 1. The highest BCUT2D eigenvalue weighted by Crippen LogP contribution is 2.32. The number of hydrogen-bond donors (Lipinski definition) is 1. The zero-order chi connectivity index (χ0) is 23.3. The molecule has 0 saturated carbocycles. The number of anilines is 1. The number of nitrogens with one attached hydrogen (secondary N) is 1. The monoisotopic (exact) mass is 457 g/mol. The Balaban J connectivity index is 1.18. The van der Waals surface area contributed by atoms with Gasteiger partial charge in [-0.05, 0) is 66.6 Å². The largest absolute Gasteiger partial charge is 0.484 e. The van der Waals surface area contributed by atoms with Crippen LogP contribution in [0.15, 0.2) is 71.3 Å². The number of fused-ring (bicyclic) bond motifs is 1. The fraction of sp³-hybridized carbons (Fsp3) is 0.192. The van der Waals surface area contributed by atoms with Crippen LogP contribution < -0.4 is 19.5 Å². The van der Waals surface area contributed by atoms with Crippen LogP contribution in [0.1, 0.15) is 35.2 Å². The lowest BCUT2D eigenvalue weighted by Gasteiger charge is -2.06. The quantitative estimate of drug-likeness (QED) is 0.386. The zero-order valence-electron chi connectivity index (χ0n) is 18.6. The van der Waals surface area contributed by atoms with Crippen molar-refractivity contribution in [1.29, 1.82) is 0 Å². The van der Waals surface area contributed by atoms with E-state index in [9.17, 15) is 4.79 Å². The third kappa shape index (κ3) is 4.85. The normalized spacial score (nSPS) is 11.9. The number of hydrogen-bond acceptors (Lipinski definition) is 7. The van der Waals surface area contributed by atoms with Gasteiger partial charge in [0.15, 0.2) is 18.1 Å². The summed E-state index contributed by atoms with van der Waals surface area (Å²) in [6.45, 7) is 2.50. The first-order chi connectivity index (χ1) is 16.7. The van der Waals surface area contributed by atoms with Crippen molar-refractivity contribution in [1.82, 2.24) is 10.1 Å². The summed E-state index contributed by atoms with van der Waals surface area (Å²) in [7, 11) is 0. The Morgan fingerprint density at radius 1 is 1.00 bits per heavy atom. The minimum Gasteiger partial charge on any atom is -0.484 e. The van der Waals surface area contributed by atoms with Crippen molar-refractivity contribution < 1.29 is 23.5 Å². The number of carbonyl (C=O) groups is 1. The summed E-state index contributed by atoms with van der Waals surface area (Å²) >= 11 is 0. The molecule has 1 aromatic heterocycles. The van der Waals surface area contributed by atoms with E-state index in [0.717, 1.165) is 24.2 Å². The summed E-state index contributed by atoms with van der Waals surface area (Å²) in [5, 5.41) is 6.89. The van der Waals surface area contributed by atoms with Gasteiger partial charge in [0.1, 0.15) is 5.75 Å². The molecule has 0 spiro atoms. The fourth-order valence-electron chi connectivity index (χ4n) is 3.56. The van der Waals surface area contributed by atoms with E-state index in [-0.39, 0.29) is 19.3 Å². The third-order valence-electron chi connectivity index (χ3n) is 5.33. The Hall–Kier alpha value is -4.33. The molecule has 0 fully saturated rings. The third-order valence-corrected chi connectivity index (χ3v) is 5.33. The Kier molecular flexibility index (Phi) is 6.11. The predicted octanol–water partition coefficient (Wildman–Crippen LogP) is 5.25. The first-order valence-corrected chi connectivity index (χ1v) is 11.0. The lowest BCUT2D eigenvalue weighted by atomic mass is 10.1. The Morgan fingerprint density at radius 3 is 2.59 bits per heavy atom. The highest BCUT2D eigenvalue weighted by molar-refractivity contribution is 6.04. The summed E-state index contributed by atoms with van der Waals surface area (Å²) < 4.78 is 21.7. The molecule has 34 heavy (non-hydrogen) atoms. The maximum atomic E-state index is 12.6. The average molecular weight is 457 g/mol. The highest BCUT2D eigenvalue weighted by Gasteiger charge is 2.16. The van der Waals surface area contributed by atoms with Gasteiger partial charge in [-0.3, -0.25) is 4.79 Å². The summed E-state index contributed by atoms with van der Waals surface area (Å²) in [6.07, 6.45) is 2.16. The first-order valence-electron chi connectivity index (χ1n) is 11.0. The number of ether oxygens (including phenoxy) is 3. The van der Waals surface area contributed by atoms with Crippen LogP contribution in [0.4, 0.5) is 5.69 Å². The SMILES string of the molecule is CCCc1ccc(OCc2nc(-c3ccc(NC(=O)c4ccc5c(c4)OCO5)cc3)no2)cc1. The van der Waals surface area contributed by atoms with Crippen LogP contribution in [0.3, 0.4) is 0 Å². The maximum Gasteiger partial charge on any atom is 0.264 e. The molecule has 0 atom stereocenters. The molecule has 3 aromatic carbocycles. The lowest BCUT2D eigenvalue weighted by molar-refractivity contribution is 0.102. The van der Waals surface area contributed by atoms with Crippen LogP contribution in [0.5, 0.6) is 17.2 Å². The molecule has 0 unspecified atom stereocenters. The molecule has 4 aromatic rings. The van der Waals surface area contributed by atoms with Gasteiger partial charge in [0.2, 0.25) is 12.6 Å². The van der Waals surface area contributed by atoms with Gasteiger partial charge in [0, 0.05) is 16.8 Å². The topological polar surface area (TPSA) is 95.7 Å². The summed E-state index contributed by atoms with van der Waals surface area (Å²) in [5.41, 5.74) is 3.17. The van der Waals surface area contributed by atoms with Crippen molar-refractivity contribution in [3.05, 3.63) is 83.7 Å². The predicted molar refractivity (Wildman–Crippen MR) is 125 cm³/mol. The van der Waals surface area contributed by atoms with Crippen molar-refractivity contribution in [2.24, 2.45) is 0 Å². The van der Waals surface area contributed by atoms with Crippen LogP contribution in [-0.4, -0.2) is 22.8 Å². The summed E-state index contributed by atoms with van der Waals surface area (Å²) in [6, 6.07) is 20.3. The van der Waals surface area contributed by atoms with E-state index in [1.54, 1.807) is 30.3 Å². The van der Waals surface area contributed by atoms with E-state index in [4.69, 9.17) is 18.7 Å². The van der Waals surface area contributed by atoms with Crippen molar-refractivity contribution in [2.45, 2.75) is 26.4 Å². The Labute approximate surface area is 196 Å². The van der Waals surface area contributed by atoms with Crippen LogP contribution in [0.2, 0.25) is 0 Å². The van der Waals surface area contributed by atoms with Crippen LogP contribution in [0.25, 0.3) is 11.4 Å². The standard InChI is InChI=1S/C26H23N3O5/c1-2-3-17-4-11-21(12-5-17)31-15-24-28-25(29-34-24)18-6-9-20(10-7-18)27-26(30)19-8-13-22-23(14-19)33-16-32-22/h4-14H,2-3,15-16H2,1H3,(H,27,30). The zero-order valence-corrected chi connectivity index (χ0v) is 18.6. The number of aromatic nitrogens is 2. The minimum absolute atomic E-state index is 0.165. The molecule has 1 N–H and O–H groups in total. The fourth-order valence-corrected chi connectivity index (χ4v) is 3.56. The van der Waals surface area contributed by atoms with Gasteiger partial charge < -0.3 is 24.1 Å². The molecule has 0 radical (unpaired) electrons. The molecule has 5 rings (SSSR count). The minimum atomic E-state index is -0.243. The highest BCUT2D eigenvalue weighted by atomic mass is 16.7. The second-order valence-corrected chi connectivity index (χ2v) is 7.79. The van der Waals surface area contributed by atoms with Crippen molar-refractivity contribution in [3.63, 3.8) is 0 Å². The van der Waals surface area contributed by atoms with Crippen LogP contribution in [0, 0.1) is 0 Å². The first kappa shape index (κ1) is 21.5. The van der Waals surface area contributed by atoms with Gasteiger partial charge in [0.25, 0.3) is 11.8 Å². The lowest BCUT2D eigenvalue weighted by Crippen LogP contribution is -2.11. The molecule has 2 heterocycles. The van der Waals surface area contributed by atoms with E-state index < -0.39 is 0 Å². The van der Waals surface area contributed by atoms with E-state index in [1.165, 1.54) is 5.56 Å². The van der Waals surface area contributed by atoms with E-state index in [2.05, 4.69) is 34.5 Å². The van der Waals surface area contributed by atoms with Gasteiger partial charge in [-0.1, -0.05) is 30.6 Å². The van der Waals surface area contributed by atoms with Crippen LogP contribution in [-0.2, 0) is 13.0 Å². The van der Waals surface area contributed by atoms with E-state index in [0.29, 0.717) is 34.5 Å². The number of amides is 1. The second-order valence-electron chi connectivity index (χ2n) is 7.79. The van der Waals surface area contributed by atoms with Gasteiger partial charge in [-0.25, -0.2) is 0 Å². The molecule has 8 nitrogen and oxygen atoms in total. The molecule has 1 aliphatic heterocycles. The Bertz CT molecular complexity index is 1280. The van der Waals surface area contributed by atoms with Crippen molar-refractivity contribution >= 4 is 11.6 Å². The smallest absolute Gasteiger partial charge is 0.264 e. The molecule has 0 bridgehead atoms. The van der Waals surface area contributed by atoms with Gasteiger partial charge >= 0.3 is 0 Å². The molecule has 1 aliphatic rings. The summed E-state index contributed by atoms with van der Waals surface area (Å²) in [4.78, 5) is 16.9. The molecule has 172 valence electrons. The van der Waals surface area contributed by atoms with E-state index in [1.807, 2.05) is 24.3 Å². The molecule has 8 heteroatoms. The van der Waals surface area contributed by atoms with Gasteiger partial charge in [-0.15, -0.1) is 0 Å². The summed E-state index contributed by atoms with van der Waals surface area (Å²) in [5.74, 6) is 2.54. The number of benzene rings is 3. The van der Waals surface area contributed by atoms with Crippen LogP contribution >= 0.6 is 0 Å². The average Bonchev–Trinajstić information content (AvgIpc) is 3.53. The van der Waals surface area contributed by atoms with E-state index >= 15 is 0 Å². The maximum absolute atomic E-state index is 12.6. The molecule has 0 aliphatic carbocycles. The second kappa shape index (κ2) is 9.66. The molecule has 0 saturated heterocycles. The molecular formula is C26H23N3O5. The van der Waals surface area contributed by atoms with Gasteiger partial charge in [0.05, 0.1) is 0 Å². The van der Waals surface area contributed by atoms with Crippen molar-refractivity contribution in [2.75, 3.05) is 12.1 Å².